The summed E-state index contributed by atoms with van der Waals surface area (Å²) < 4.78 is 28.3. The minimum absolute atomic E-state index is 0.000234. The Balaban J connectivity index is 1.45. The van der Waals surface area contributed by atoms with Crippen LogP contribution in [0.4, 0.5) is 5.69 Å². The number of fused-ring (bicyclic) bond motifs is 1. The topological polar surface area (TPSA) is 116 Å². The molecule has 10 heteroatoms. The molecule has 0 aromatic heterocycles. The molecular weight excluding hydrogens is 490 g/mol. The molecular formula is C25H24ClN3O5S. The van der Waals surface area contributed by atoms with Crippen molar-refractivity contribution in [1.82, 2.24) is 10.1 Å². The zero-order chi connectivity index (χ0) is 25.2. The molecule has 3 N–H and O–H groups in total. The van der Waals surface area contributed by atoms with Crippen LogP contribution in [0.5, 0.6) is 0 Å². The van der Waals surface area contributed by atoms with Crippen LogP contribution in [0.25, 0.3) is 0 Å². The summed E-state index contributed by atoms with van der Waals surface area (Å²) in [6.45, 7) is 2.07. The van der Waals surface area contributed by atoms with Crippen LogP contribution in [0.15, 0.2) is 71.6 Å². The van der Waals surface area contributed by atoms with Crippen LogP contribution in [0, 0.1) is 0 Å². The Morgan fingerprint density at radius 3 is 2.46 bits per heavy atom. The second-order valence-electron chi connectivity index (χ2n) is 8.29. The molecule has 0 saturated heterocycles. The zero-order valence-electron chi connectivity index (χ0n) is 18.9. The molecule has 0 fully saturated rings. The molecule has 4 rings (SSSR count). The second-order valence-corrected chi connectivity index (χ2v) is 10.4. The molecule has 1 heterocycles. The van der Waals surface area contributed by atoms with Crippen LogP contribution >= 0.6 is 11.6 Å². The number of amides is 1. The first-order valence-corrected chi connectivity index (χ1v) is 12.8. The van der Waals surface area contributed by atoms with Crippen LogP contribution in [0.2, 0.25) is 5.02 Å². The predicted octanol–water partition coefficient (Wildman–Crippen LogP) is 3.66. The van der Waals surface area contributed by atoms with Gasteiger partial charge in [-0.05, 0) is 67.3 Å². The lowest BCUT2D eigenvalue weighted by molar-refractivity contribution is 0.0696. The Morgan fingerprint density at radius 1 is 1.06 bits per heavy atom. The van der Waals surface area contributed by atoms with Crippen LogP contribution in [-0.2, 0) is 22.9 Å². The predicted molar refractivity (Wildman–Crippen MR) is 133 cm³/mol. The fraction of sp³-hybridized carbons (Fsp3) is 0.200. The normalized spacial score (nSPS) is 15.0. The van der Waals surface area contributed by atoms with Crippen molar-refractivity contribution in [2.24, 2.45) is 0 Å². The molecule has 182 valence electrons. The lowest BCUT2D eigenvalue weighted by atomic mass is 10.1. The minimum atomic E-state index is -4.00. The van der Waals surface area contributed by atoms with Crippen molar-refractivity contribution in [1.29, 1.82) is 0 Å². The van der Waals surface area contributed by atoms with E-state index in [0.29, 0.717) is 6.42 Å². The van der Waals surface area contributed by atoms with Crippen LogP contribution < -0.4 is 15.2 Å². The van der Waals surface area contributed by atoms with Crippen LogP contribution in [0.1, 0.15) is 38.8 Å². The van der Waals surface area contributed by atoms with Crippen molar-refractivity contribution in [3.63, 3.8) is 0 Å². The standard InChI is InChI=1S/C25H24ClN3O5S/c1-16-14-19-4-2-3-5-22(19)29(16)28-24(30)20-10-11-21(26)23(15-20)35(33,34)27-13-12-17-6-8-18(9-7-17)25(31)32/h2-11,15-16,27H,12-14H2,1H3,(H,28,30)(H,31,32). The van der Waals surface area contributed by atoms with Gasteiger partial charge in [0.15, 0.2) is 0 Å². The number of para-hydroxylation sites is 1. The number of anilines is 1. The summed E-state index contributed by atoms with van der Waals surface area (Å²) in [5.41, 5.74) is 6.00. The molecule has 0 radical (unpaired) electrons. The maximum Gasteiger partial charge on any atom is 0.335 e. The number of benzene rings is 3. The maximum absolute atomic E-state index is 13.0. The van der Waals surface area contributed by atoms with Gasteiger partial charge >= 0.3 is 5.97 Å². The summed E-state index contributed by atoms with van der Waals surface area (Å²) in [5.74, 6) is -1.47. The Morgan fingerprint density at radius 2 is 1.74 bits per heavy atom. The van der Waals surface area contributed by atoms with E-state index in [1.807, 2.05) is 31.2 Å². The van der Waals surface area contributed by atoms with Crippen molar-refractivity contribution in [3.8, 4) is 0 Å². The van der Waals surface area contributed by atoms with Gasteiger partial charge in [0.25, 0.3) is 5.91 Å². The van der Waals surface area contributed by atoms with Gasteiger partial charge in [0.1, 0.15) is 4.90 Å². The van der Waals surface area contributed by atoms with E-state index in [1.54, 1.807) is 17.1 Å². The Bertz CT molecular complexity index is 1380. The van der Waals surface area contributed by atoms with Crippen LogP contribution in [-0.4, -0.2) is 38.0 Å². The van der Waals surface area contributed by atoms with Gasteiger partial charge in [-0.25, -0.2) is 17.9 Å². The number of hydrazine groups is 1. The number of hydrogen-bond donors (Lipinski definition) is 3. The van der Waals surface area contributed by atoms with E-state index in [0.717, 1.165) is 23.2 Å². The molecule has 0 aliphatic carbocycles. The summed E-state index contributed by atoms with van der Waals surface area (Å²) in [7, 11) is -4.00. The van der Waals surface area contributed by atoms with Gasteiger partial charge < -0.3 is 5.11 Å². The highest BCUT2D eigenvalue weighted by molar-refractivity contribution is 7.89. The smallest absolute Gasteiger partial charge is 0.335 e. The highest BCUT2D eigenvalue weighted by atomic mass is 35.5. The summed E-state index contributed by atoms with van der Waals surface area (Å²) in [6, 6.07) is 18.2. The highest BCUT2D eigenvalue weighted by Gasteiger charge is 2.28. The van der Waals surface area contributed by atoms with Crippen molar-refractivity contribution in [3.05, 3.63) is 94.0 Å². The third-order valence-corrected chi connectivity index (χ3v) is 7.76. The lowest BCUT2D eigenvalue weighted by Gasteiger charge is -2.25. The van der Waals surface area contributed by atoms with Gasteiger partial charge in [0.2, 0.25) is 10.0 Å². The molecule has 1 aliphatic heterocycles. The van der Waals surface area contributed by atoms with E-state index >= 15 is 0 Å². The first-order valence-electron chi connectivity index (χ1n) is 11.0. The lowest BCUT2D eigenvalue weighted by Crippen LogP contribution is -2.45. The monoisotopic (exact) mass is 513 g/mol. The van der Waals surface area contributed by atoms with Gasteiger partial charge in [-0.1, -0.05) is 41.9 Å². The van der Waals surface area contributed by atoms with Gasteiger partial charge in [0.05, 0.1) is 22.3 Å². The van der Waals surface area contributed by atoms with Gasteiger partial charge in [-0.3, -0.25) is 15.2 Å². The van der Waals surface area contributed by atoms with Gasteiger partial charge in [-0.2, -0.15) is 0 Å². The van der Waals surface area contributed by atoms with Crippen molar-refractivity contribution < 1.29 is 23.1 Å². The minimum Gasteiger partial charge on any atom is -0.478 e. The molecule has 1 amide bonds. The van der Waals surface area contributed by atoms with Crippen molar-refractivity contribution in [2.45, 2.75) is 30.7 Å². The molecule has 3 aromatic rings. The largest absolute Gasteiger partial charge is 0.478 e. The summed E-state index contributed by atoms with van der Waals surface area (Å²) in [4.78, 5) is 23.7. The number of halogens is 1. The number of aromatic carboxylic acids is 1. The fourth-order valence-corrected chi connectivity index (χ4v) is 5.54. The first-order chi connectivity index (χ1) is 16.7. The molecule has 8 nitrogen and oxygen atoms in total. The number of carboxylic acids is 1. The third-order valence-electron chi connectivity index (χ3n) is 5.82. The summed E-state index contributed by atoms with van der Waals surface area (Å²) in [5, 5.41) is 10.8. The van der Waals surface area contributed by atoms with E-state index in [2.05, 4.69) is 10.1 Å². The van der Waals surface area contributed by atoms with E-state index in [4.69, 9.17) is 16.7 Å². The molecule has 1 atom stereocenters. The Labute approximate surface area is 208 Å². The Hall–Kier alpha value is -3.40. The van der Waals surface area contributed by atoms with Gasteiger partial charge in [-0.15, -0.1) is 0 Å². The average Bonchev–Trinajstić information content (AvgIpc) is 3.14. The Kier molecular flexibility index (Phi) is 7.11. The molecule has 0 spiro atoms. The number of sulfonamides is 1. The quantitative estimate of drug-likeness (QED) is 0.423. The van der Waals surface area contributed by atoms with Gasteiger partial charge in [0, 0.05) is 12.1 Å². The van der Waals surface area contributed by atoms with E-state index in [1.165, 1.54) is 30.3 Å². The number of nitrogens with one attached hydrogen (secondary N) is 2. The van der Waals surface area contributed by atoms with E-state index < -0.39 is 21.9 Å². The van der Waals surface area contributed by atoms with E-state index in [-0.39, 0.29) is 33.6 Å². The number of carboxylic acid groups (broad SMARTS) is 1. The number of carbonyl (C=O) groups excluding carboxylic acids is 1. The summed E-state index contributed by atoms with van der Waals surface area (Å²) in [6.07, 6.45) is 1.14. The summed E-state index contributed by atoms with van der Waals surface area (Å²) >= 11 is 6.17. The SMILES string of the molecule is CC1Cc2ccccc2N1NC(=O)c1ccc(Cl)c(S(=O)(=O)NCCc2ccc(C(=O)O)cc2)c1. The number of rotatable bonds is 8. The number of hydrogen-bond acceptors (Lipinski definition) is 5. The average molecular weight is 514 g/mol. The van der Waals surface area contributed by atoms with Crippen molar-refractivity contribution >= 4 is 39.2 Å². The zero-order valence-corrected chi connectivity index (χ0v) is 20.4. The highest BCUT2D eigenvalue weighted by Crippen LogP contribution is 2.30. The fourth-order valence-electron chi connectivity index (χ4n) is 3.98. The second kappa shape index (κ2) is 10.1. The number of nitrogens with zero attached hydrogens (tertiary/aromatic N) is 1. The molecule has 1 aliphatic rings. The molecule has 3 aromatic carbocycles. The first kappa shape index (κ1) is 24.7. The van der Waals surface area contributed by atoms with Crippen molar-refractivity contribution in [2.75, 3.05) is 11.6 Å². The molecule has 0 saturated carbocycles. The maximum atomic E-state index is 13.0. The third kappa shape index (κ3) is 5.48. The van der Waals surface area contributed by atoms with Crippen LogP contribution in [0.3, 0.4) is 0 Å². The number of carbonyl (C=O) groups is 2. The molecule has 1 unspecified atom stereocenters. The van der Waals surface area contributed by atoms with E-state index in [9.17, 15) is 18.0 Å². The molecule has 0 bridgehead atoms. The molecule has 35 heavy (non-hydrogen) atoms.